The van der Waals surface area contributed by atoms with Crippen LogP contribution in [0.2, 0.25) is 0 Å². The minimum absolute atomic E-state index is 0.0667. The van der Waals surface area contributed by atoms with E-state index in [4.69, 9.17) is 0 Å². The number of alkyl halides is 3. The zero-order chi connectivity index (χ0) is 26.2. The summed E-state index contributed by atoms with van der Waals surface area (Å²) in [5.74, 6) is -0.353. The van der Waals surface area contributed by atoms with E-state index in [1.165, 1.54) is 17.3 Å². The van der Waals surface area contributed by atoms with Crippen molar-refractivity contribution in [1.82, 2.24) is 9.88 Å². The van der Waals surface area contributed by atoms with Crippen molar-refractivity contribution in [2.45, 2.75) is 31.4 Å². The second-order valence-corrected chi connectivity index (χ2v) is 9.56. The summed E-state index contributed by atoms with van der Waals surface area (Å²) in [5, 5.41) is 2.60. The topological polar surface area (TPSA) is 65.5 Å². The Morgan fingerprint density at radius 1 is 0.973 bits per heavy atom. The van der Waals surface area contributed by atoms with Gasteiger partial charge < -0.3 is 15.1 Å². The predicted molar refractivity (Wildman–Crippen MR) is 135 cm³/mol. The fraction of sp³-hybridized carbons (Fsp3) is 0.321. The zero-order valence-electron chi connectivity index (χ0n) is 20.4. The number of nitrogens with one attached hydrogen (secondary N) is 1. The molecule has 0 atom stereocenters. The number of hydrogen-bond acceptors (Lipinski definition) is 4. The molecule has 1 N–H and O–H groups in total. The molecule has 6 nitrogen and oxygen atoms in total. The molecule has 9 heteroatoms. The number of rotatable bonds is 4. The maximum atomic E-state index is 13.1. The van der Waals surface area contributed by atoms with Crippen LogP contribution < -0.4 is 10.2 Å². The molecule has 2 aromatic carbocycles. The number of amides is 2. The Labute approximate surface area is 213 Å². The molecule has 0 unspecified atom stereocenters. The van der Waals surface area contributed by atoms with E-state index in [0.29, 0.717) is 18.8 Å². The van der Waals surface area contributed by atoms with E-state index < -0.39 is 17.8 Å². The van der Waals surface area contributed by atoms with Crippen molar-refractivity contribution >= 4 is 23.2 Å². The van der Waals surface area contributed by atoms with Crippen LogP contribution in [0.3, 0.4) is 0 Å². The number of likely N-dealkylation sites (tertiary alicyclic amines) is 1. The molecule has 2 aliphatic rings. The van der Waals surface area contributed by atoms with E-state index in [2.05, 4.69) is 22.2 Å². The van der Waals surface area contributed by atoms with Crippen molar-refractivity contribution in [2.24, 2.45) is 0 Å². The van der Waals surface area contributed by atoms with Gasteiger partial charge in [-0.3, -0.25) is 9.59 Å². The van der Waals surface area contributed by atoms with E-state index >= 15 is 0 Å². The number of nitrogens with zero attached hydrogens (tertiary/aromatic N) is 3. The summed E-state index contributed by atoms with van der Waals surface area (Å²) in [4.78, 5) is 33.0. The zero-order valence-corrected chi connectivity index (χ0v) is 20.4. The molecule has 2 aliphatic heterocycles. The number of fused-ring (bicyclic) bond motifs is 1. The number of anilines is 2. The first-order chi connectivity index (χ1) is 17.7. The molecule has 0 saturated carbocycles. The van der Waals surface area contributed by atoms with E-state index in [-0.39, 0.29) is 17.5 Å². The van der Waals surface area contributed by atoms with Crippen LogP contribution in [0.5, 0.6) is 0 Å². The van der Waals surface area contributed by atoms with Gasteiger partial charge in [0, 0.05) is 43.6 Å². The Morgan fingerprint density at radius 3 is 2.41 bits per heavy atom. The lowest BCUT2D eigenvalue weighted by Crippen LogP contribution is -2.37. The van der Waals surface area contributed by atoms with Gasteiger partial charge in [-0.25, -0.2) is 4.98 Å². The molecule has 0 radical (unpaired) electrons. The molecule has 192 valence electrons. The number of aromatic nitrogens is 1. The van der Waals surface area contributed by atoms with Gasteiger partial charge in [0.1, 0.15) is 11.4 Å². The first-order valence-corrected chi connectivity index (χ1v) is 12.3. The SMILES string of the molecule is CN1CCc2cc(C(=O)N3CCC(c4ccc(NC(=O)c5cccc(C(F)(F)F)n5)cc4)CC3)ccc21. The Hall–Kier alpha value is -3.88. The molecule has 3 heterocycles. The number of benzene rings is 2. The smallest absolute Gasteiger partial charge is 0.374 e. The van der Waals surface area contributed by atoms with Gasteiger partial charge in [0.25, 0.3) is 11.8 Å². The number of hydrogen-bond donors (Lipinski definition) is 1. The highest BCUT2D eigenvalue weighted by Gasteiger charge is 2.33. The minimum Gasteiger partial charge on any atom is -0.374 e. The van der Waals surface area contributed by atoms with Gasteiger partial charge in [0.05, 0.1) is 0 Å². The highest BCUT2D eigenvalue weighted by molar-refractivity contribution is 6.02. The maximum Gasteiger partial charge on any atom is 0.433 e. The van der Waals surface area contributed by atoms with E-state index in [9.17, 15) is 22.8 Å². The van der Waals surface area contributed by atoms with Gasteiger partial charge in [0.15, 0.2) is 0 Å². The molecule has 1 aromatic heterocycles. The fourth-order valence-corrected chi connectivity index (χ4v) is 5.05. The summed E-state index contributed by atoms with van der Waals surface area (Å²) < 4.78 is 38.6. The summed E-state index contributed by atoms with van der Waals surface area (Å²) >= 11 is 0. The Morgan fingerprint density at radius 2 is 1.70 bits per heavy atom. The molecule has 0 spiro atoms. The first-order valence-electron chi connectivity index (χ1n) is 12.3. The molecule has 37 heavy (non-hydrogen) atoms. The number of carbonyl (C=O) groups is 2. The third-order valence-electron chi connectivity index (χ3n) is 7.15. The highest BCUT2D eigenvalue weighted by atomic mass is 19.4. The Balaban J connectivity index is 1.17. The number of piperidine rings is 1. The second-order valence-electron chi connectivity index (χ2n) is 9.56. The van der Waals surface area contributed by atoms with Crippen LogP contribution in [0, 0.1) is 0 Å². The maximum absolute atomic E-state index is 13.1. The normalized spacial score (nSPS) is 16.0. The van der Waals surface area contributed by atoms with Gasteiger partial charge in [-0.1, -0.05) is 18.2 Å². The van der Waals surface area contributed by atoms with E-state index in [0.717, 1.165) is 49.1 Å². The number of likely N-dealkylation sites (N-methyl/N-ethyl adjacent to an activating group) is 1. The van der Waals surface area contributed by atoms with Crippen molar-refractivity contribution in [1.29, 1.82) is 0 Å². The molecule has 2 amide bonds. The summed E-state index contributed by atoms with van der Waals surface area (Å²) in [6.45, 7) is 2.31. The van der Waals surface area contributed by atoms with Crippen molar-refractivity contribution < 1.29 is 22.8 Å². The quantitative estimate of drug-likeness (QED) is 0.515. The molecule has 1 saturated heterocycles. The number of carbonyl (C=O) groups excluding carboxylic acids is 2. The highest BCUT2D eigenvalue weighted by Crippen LogP contribution is 2.32. The van der Waals surface area contributed by atoms with Crippen molar-refractivity contribution in [3.8, 4) is 0 Å². The second kappa shape index (κ2) is 9.88. The standard InChI is InChI=1S/C28H27F3N4O2/c1-34-14-11-20-17-21(7-10-24(20)34)27(37)35-15-12-19(13-16-35)18-5-8-22(9-6-18)32-26(36)23-3-2-4-25(33-23)28(29,30)31/h2-10,17,19H,11-16H2,1H3,(H,32,36). The van der Waals surface area contributed by atoms with Gasteiger partial charge in [0.2, 0.25) is 0 Å². The van der Waals surface area contributed by atoms with Crippen LogP contribution in [-0.4, -0.2) is 48.4 Å². The third-order valence-corrected chi connectivity index (χ3v) is 7.15. The lowest BCUT2D eigenvalue weighted by Gasteiger charge is -2.32. The van der Waals surface area contributed by atoms with Gasteiger partial charge in [-0.2, -0.15) is 13.2 Å². The number of halogens is 3. The predicted octanol–water partition coefficient (Wildman–Crippen LogP) is 5.36. The average molecular weight is 509 g/mol. The van der Waals surface area contributed by atoms with Crippen LogP contribution in [0.4, 0.5) is 24.5 Å². The summed E-state index contributed by atoms with van der Waals surface area (Å²) in [6.07, 6.45) is -1.99. The third kappa shape index (κ3) is 5.30. The average Bonchev–Trinajstić information content (AvgIpc) is 3.28. The van der Waals surface area contributed by atoms with Crippen LogP contribution in [0.1, 0.15) is 56.4 Å². The molecule has 0 aliphatic carbocycles. The molecule has 1 fully saturated rings. The van der Waals surface area contributed by atoms with E-state index in [1.807, 2.05) is 35.2 Å². The summed E-state index contributed by atoms with van der Waals surface area (Å²) in [7, 11) is 2.06. The van der Waals surface area contributed by atoms with Crippen LogP contribution >= 0.6 is 0 Å². The van der Waals surface area contributed by atoms with Crippen LogP contribution in [0.25, 0.3) is 0 Å². The molecular weight excluding hydrogens is 481 g/mol. The van der Waals surface area contributed by atoms with Gasteiger partial charge in [-0.15, -0.1) is 0 Å². The summed E-state index contributed by atoms with van der Waals surface area (Å²) in [6, 6.07) is 16.5. The van der Waals surface area contributed by atoms with Crippen molar-refractivity contribution in [2.75, 3.05) is 36.9 Å². The van der Waals surface area contributed by atoms with Gasteiger partial charge >= 0.3 is 6.18 Å². The fourth-order valence-electron chi connectivity index (χ4n) is 5.05. The van der Waals surface area contributed by atoms with Crippen molar-refractivity contribution in [3.63, 3.8) is 0 Å². The molecule has 5 rings (SSSR count). The lowest BCUT2D eigenvalue weighted by atomic mass is 9.89. The van der Waals surface area contributed by atoms with Crippen LogP contribution in [0.15, 0.2) is 60.7 Å². The van der Waals surface area contributed by atoms with Gasteiger partial charge in [-0.05, 0) is 78.8 Å². The van der Waals surface area contributed by atoms with Crippen LogP contribution in [-0.2, 0) is 12.6 Å². The first kappa shape index (κ1) is 24.8. The molecule has 0 bridgehead atoms. The monoisotopic (exact) mass is 508 g/mol. The minimum atomic E-state index is -4.61. The molecular formula is C28H27F3N4O2. The number of pyridine rings is 1. The lowest BCUT2D eigenvalue weighted by molar-refractivity contribution is -0.141. The Bertz CT molecular complexity index is 1320. The van der Waals surface area contributed by atoms with E-state index in [1.54, 1.807) is 12.1 Å². The molecule has 3 aromatic rings. The summed E-state index contributed by atoms with van der Waals surface area (Å²) in [5.41, 5.74) is 3.32. The Kier molecular flexibility index (Phi) is 6.62. The largest absolute Gasteiger partial charge is 0.433 e. The van der Waals surface area contributed by atoms with Crippen molar-refractivity contribution in [3.05, 3.63) is 88.7 Å².